The maximum Gasteiger partial charge on any atom is 0.416 e. The molecule has 2 rings (SSSR count). The largest absolute Gasteiger partial charge is 0.416 e. The van der Waals surface area contributed by atoms with Gasteiger partial charge in [-0.05, 0) is 50.4 Å². The molecule has 1 aliphatic rings. The summed E-state index contributed by atoms with van der Waals surface area (Å²) >= 11 is 0. The number of halogens is 4. The Balaban J connectivity index is 0.00000578. The number of sulfonamides is 1. The van der Waals surface area contributed by atoms with Gasteiger partial charge < -0.3 is 16.0 Å². The van der Waals surface area contributed by atoms with Gasteiger partial charge in [-0.15, -0.1) is 12.4 Å². The first-order chi connectivity index (χ1) is 15.3. The van der Waals surface area contributed by atoms with Crippen molar-refractivity contribution < 1.29 is 31.2 Å². The molecule has 0 radical (unpaired) electrons. The zero-order valence-corrected chi connectivity index (χ0v) is 21.0. The number of likely N-dealkylation sites (N-methyl/N-ethyl adjacent to an activating group) is 1. The Morgan fingerprint density at radius 1 is 1.24 bits per heavy atom. The highest BCUT2D eigenvalue weighted by atomic mass is 35.5. The standard InChI is InChI=1S/C21H31F3N4O4S.ClH/c1-14(2)11-18(26-3)20(30)27-9-7-16(8-10-27)28(13-19(25)29)33(31,32)17-6-4-5-15(12-17)21(22,23)24;/h4-6,12,14,16,18,26H,7-11,13H2,1-3H3,(H2,25,29);1H/t18-;/m0./s1. The monoisotopic (exact) mass is 528 g/mol. The van der Waals surface area contributed by atoms with Gasteiger partial charge in [0.1, 0.15) is 0 Å². The van der Waals surface area contributed by atoms with Crippen LogP contribution in [0.25, 0.3) is 0 Å². The van der Waals surface area contributed by atoms with Gasteiger partial charge in [-0.2, -0.15) is 17.5 Å². The van der Waals surface area contributed by atoms with Gasteiger partial charge in [-0.3, -0.25) is 9.59 Å². The third-order valence-corrected chi connectivity index (χ3v) is 7.51. The lowest BCUT2D eigenvalue weighted by Gasteiger charge is -2.38. The Hall–Kier alpha value is -1.89. The Bertz CT molecular complexity index is 952. The zero-order valence-electron chi connectivity index (χ0n) is 19.3. The number of nitrogens with one attached hydrogen (secondary N) is 1. The van der Waals surface area contributed by atoms with Gasteiger partial charge in [-0.1, -0.05) is 19.9 Å². The lowest BCUT2D eigenvalue weighted by Crippen LogP contribution is -2.53. The van der Waals surface area contributed by atoms with E-state index in [9.17, 15) is 31.2 Å². The van der Waals surface area contributed by atoms with Crippen LogP contribution in [0.2, 0.25) is 0 Å². The van der Waals surface area contributed by atoms with Crippen LogP contribution in [0.1, 0.15) is 38.7 Å². The summed E-state index contributed by atoms with van der Waals surface area (Å²) in [7, 11) is -2.73. The fourth-order valence-electron chi connectivity index (χ4n) is 3.94. The Morgan fingerprint density at radius 3 is 2.29 bits per heavy atom. The number of piperidine rings is 1. The molecule has 0 bridgehead atoms. The molecule has 0 unspecified atom stereocenters. The second-order valence-electron chi connectivity index (χ2n) is 8.57. The second-order valence-corrected chi connectivity index (χ2v) is 10.5. The van der Waals surface area contributed by atoms with E-state index in [1.54, 1.807) is 11.9 Å². The highest BCUT2D eigenvalue weighted by molar-refractivity contribution is 7.89. The minimum absolute atomic E-state index is 0. The maximum atomic E-state index is 13.2. The minimum Gasteiger partial charge on any atom is -0.369 e. The van der Waals surface area contributed by atoms with Gasteiger partial charge in [0.05, 0.1) is 23.0 Å². The van der Waals surface area contributed by atoms with E-state index in [0.717, 1.165) is 22.5 Å². The van der Waals surface area contributed by atoms with Crippen LogP contribution in [0.5, 0.6) is 0 Å². The molecule has 8 nitrogen and oxygen atoms in total. The number of likely N-dealkylation sites (tertiary alicyclic amines) is 1. The molecule has 1 atom stereocenters. The van der Waals surface area contributed by atoms with Crippen LogP contribution < -0.4 is 11.1 Å². The van der Waals surface area contributed by atoms with Gasteiger partial charge in [0, 0.05) is 19.1 Å². The molecule has 1 fully saturated rings. The van der Waals surface area contributed by atoms with Crippen LogP contribution >= 0.6 is 12.4 Å². The highest BCUT2D eigenvalue weighted by Gasteiger charge is 2.38. The van der Waals surface area contributed by atoms with E-state index in [1.165, 1.54) is 0 Å². The summed E-state index contributed by atoms with van der Waals surface area (Å²) in [6.07, 6.45) is -3.61. The number of nitrogens with zero attached hydrogens (tertiary/aromatic N) is 2. The average molecular weight is 529 g/mol. The zero-order chi connectivity index (χ0) is 25.0. The number of amides is 2. The Labute approximate surface area is 204 Å². The van der Waals surface area contributed by atoms with Crippen molar-refractivity contribution in [1.29, 1.82) is 0 Å². The number of carbonyl (C=O) groups is 2. The summed E-state index contributed by atoms with van der Waals surface area (Å²) in [5.41, 5.74) is 4.15. The third kappa shape index (κ3) is 7.56. The quantitative estimate of drug-likeness (QED) is 0.510. The fraction of sp³-hybridized carbons (Fsp3) is 0.619. The van der Waals surface area contributed by atoms with Crippen LogP contribution in [-0.2, 0) is 25.8 Å². The third-order valence-electron chi connectivity index (χ3n) is 5.62. The number of hydrogen-bond donors (Lipinski definition) is 2. The van der Waals surface area contributed by atoms with Crippen molar-refractivity contribution in [1.82, 2.24) is 14.5 Å². The van der Waals surface area contributed by atoms with E-state index in [4.69, 9.17) is 5.73 Å². The Kier molecular flexibility index (Phi) is 10.8. The van der Waals surface area contributed by atoms with E-state index in [-0.39, 0.29) is 50.3 Å². The number of alkyl halides is 3. The molecule has 1 saturated heterocycles. The van der Waals surface area contributed by atoms with Gasteiger partial charge in [0.2, 0.25) is 21.8 Å². The summed E-state index contributed by atoms with van der Waals surface area (Å²) in [4.78, 5) is 25.5. The number of benzene rings is 1. The van der Waals surface area contributed by atoms with Crippen molar-refractivity contribution in [3.63, 3.8) is 0 Å². The number of primary amides is 1. The van der Waals surface area contributed by atoms with Crippen molar-refractivity contribution in [2.75, 3.05) is 26.7 Å². The Morgan fingerprint density at radius 2 is 1.82 bits per heavy atom. The van der Waals surface area contributed by atoms with E-state index >= 15 is 0 Å². The summed E-state index contributed by atoms with van der Waals surface area (Å²) in [6, 6.07) is 2.34. The predicted molar refractivity (Wildman–Crippen MR) is 124 cm³/mol. The molecular formula is C21H32ClF3N4O4S. The lowest BCUT2D eigenvalue weighted by molar-refractivity contribution is -0.137. The maximum absolute atomic E-state index is 13.2. The highest BCUT2D eigenvalue weighted by Crippen LogP contribution is 2.32. The van der Waals surface area contributed by atoms with Crippen LogP contribution in [0, 0.1) is 5.92 Å². The molecule has 0 aromatic heterocycles. The topological polar surface area (TPSA) is 113 Å². The predicted octanol–water partition coefficient (Wildman–Crippen LogP) is 2.23. The smallest absolute Gasteiger partial charge is 0.369 e. The molecule has 1 heterocycles. The SMILES string of the molecule is CN[C@@H](CC(C)C)C(=O)N1CCC(N(CC(N)=O)S(=O)(=O)c2cccc(C(F)(F)F)c2)CC1.Cl. The van der Waals surface area contributed by atoms with Crippen molar-refractivity contribution in [2.24, 2.45) is 11.7 Å². The molecule has 13 heteroatoms. The number of rotatable bonds is 9. The van der Waals surface area contributed by atoms with Crippen LogP contribution in [0.15, 0.2) is 29.2 Å². The van der Waals surface area contributed by atoms with E-state index in [1.807, 2.05) is 13.8 Å². The van der Waals surface area contributed by atoms with E-state index < -0.39 is 45.2 Å². The summed E-state index contributed by atoms with van der Waals surface area (Å²) < 4.78 is 66.5. The van der Waals surface area contributed by atoms with Crippen molar-refractivity contribution >= 4 is 34.2 Å². The second kappa shape index (κ2) is 12.2. The molecule has 34 heavy (non-hydrogen) atoms. The lowest BCUT2D eigenvalue weighted by atomic mass is 10.00. The number of hydrogen-bond acceptors (Lipinski definition) is 5. The molecule has 1 aromatic carbocycles. The van der Waals surface area contributed by atoms with Crippen molar-refractivity contribution in [3.8, 4) is 0 Å². The first-order valence-electron chi connectivity index (χ1n) is 10.7. The molecule has 0 saturated carbocycles. The molecule has 0 aliphatic carbocycles. The average Bonchev–Trinajstić information content (AvgIpc) is 2.74. The van der Waals surface area contributed by atoms with Gasteiger partial charge in [-0.25, -0.2) is 8.42 Å². The summed E-state index contributed by atoms with van der Waals surface area (Å²) in [6.45, 7) is 3.86. The van der Waals surface area contributed by atoms with Crippen LogP contribution in [0.3, 0.4) is 0 Å². The molecule has 1 aliphatic heterocycles. The molecule has 0 spiro atoms. The fourth-order valence-corrected chi connectivity index (χ4v) is 5.64. The van der Waals surface area contributed by atoms with Gasteiger partial charge >= 0.3 is 6.18 Å². The number of carbonyl (C=O) groups excluding carboxylic acids is 2. The van der Waals surface area contributed by atoms with E-state index in [0.29, 0.717) is 18.4 Å². The molecule has 3 N–H and O–H groups in total. The van der Waals surface area contributed by atoms with Gasteiger partial charge in [0.15, 0.2) is 0 Å². The first-order valence-corrected chi connectivity index (χ1v) is 12.1. The molecular weight excluding hydrogens is 497 g/mol. The van der Waals surface area contributed by atoms with Crippen LogP contribution in [0.4, 0.5) is 13.2 Å². The summed E-state index contributed by atoms with van der Waals surface area (Å²) in [5.74, 6) is -0.712. The van der Waals surface area contributed by atoms with Crippen LogP contribution in [-0.4, -0.2) is 68.2 Å². The number of nitrogens with two attached hydrogens (primary N) is 1. The normalized spacial score (nSPS) is 16.4. The molecule has 194 valence electrons. The first kappa shape index (κ1) is 30.1. The molecule has 1 aromatic rings. The minimum atomic E-state index is -4.72. The molecule has 2 amide bonds. The van der Waals surface area contributed by atoms with E-state index in [2.05, 4.69) is 5.32 Å². The van der Waals surface area contributed by atoms with Crippen molar-refractivity contribution in [2.45, 2.75) is 56.3 Å². The summed E-state index contributed by atoms with van der Waals surface area (Å²) in [5, 5.41) is 3.00. The van der Waals surface area contributed by atoms with Crippen molar-refractivity contribution in [3.05, 3.63) is 29.8 Å². The van der Waals surface area contributed by atoms with Gasteiger partial charge in [0.25, 0.3) is 0 Å².